The molecule has 2 rings (SSSR count). The Morgan fingerprint density at radius 1 is 1.20 bits per heavy atom. The summed E-state index contributed by atoms with van der Waals surface area (Å²) in [6.45, 7) is 8.62. The molecule has 1 saturated heterocycles. The van der Waals surface area contributed by atoms with E-state index in [0.29, 0.717) is 19.5 Å². The van der Waals surface area contributed by atoms with Gasteiger partial charge in [-0.2, -0.15) is 4.31 Å². The zero-order valence-corrected chi connectivity index (χ0v) is 13.1. The quantitative estimate of drug-likeness (QED) is 0.770. The summed E-state index contributed by atoms with van der Waals surface area (Å²) in [5, 5.41) is 0. The summed E-state index contributed by atoms with van der Waals surface area (Å²) in [6, 6.07) is 0. The van der Waals surface area contributed by atoms with E-state index < -0.39 is 10.0 Å². The molecule has 6 nitrogen and oxygen atoms in total. The zero-order chi connectivity index (χ0) is 14.6. The van der Waals surface area contributed by atoms with Crippen LogP contribution in [0, 0.1) is 6.92 Å². The number of piperazine rings is 1. The predicted octanol–water partition coefficient (Wildman–Crippen LogP) is 0.549. The van der Waals surface area contributed by atoms with Crippen molar-refractivity contribution in [1.29, 1.82) is 0 Å². The fourth-order valence-corrected chi connectivity index (χ4v) is 4.00. The van der Waals surface area contributed by atoms with E-state index >= 15 is 0 Å². The minimum Gasteiger partial charge on any atom is -0.334 e. The van der Waals surface area contributed by atoms with Crippen LogP contribution in [0.15, 0.2) is 12.4 Å². The van der Waals surface area contributed by atoms with Gasteiger partial charge in [0, 0.05) is 51.7 Å². The van der Waals surface area contributed by atoms with Gasteiger partial charge in [-0.05, 0) is 13.3 Å². The van der Waals surface area contributed by atoms with Crippen LogP contribution >= 0.6 is 0 Å². The standard InChI is InChI=1S/C13H24N4O2S/c1-3-12-20(18,19)17-10-7-15(8-11-17)6-9-16-5-4-14-13(16)2/h4-5H,3,6-12H2,1-2H3. The Morgan fingerprint density at radius 3 is 2.45 bits per heavy atom. The Kier molecular flexibility index (Phi) is 5.17. The number of hydrogen-bond donors (Lipinski definition) is 0. The summed E-state index contributed by atoms with van der Waals surface area (Å²) < 4.78 is 27.7. The van der Waals surface area contributed by atoms with E-state index in [2.05, 4.69) is 14.5 Å². The molecule has 1 aliphatic rings. The molecule has 1 aromatic rings. The van der Waals surface area contributed by atoms with E-state index in [9.17, 15) is 8.42 Å². The van der Waals surface area contributed by atoms with Crippen LogP contribution in [0.1, 0.15) is 19.2 Å². The molecule has 0 spiro atoms. The van der Waals surface area contributed by atoms with Crippen molar-refractivity contribution < 1.29 is 8.42 Å². The SMILES string of the molecule is CCCS(=O)(=O)N1CCN(CCn2ccnc2C)CC1. The van der Waals surface area contributed by atoms with Gasteiger partial charge in [0.25, 0.3) is 0 Å². The van der Waals surface area contributed by atoms with Crippen LogP contribution in [-0.2, 0) is 16.6 Å². The summed E-state index contributed by atoms with van der Waals surface area (Å²) in [4.78, 5) is 6.52. The van der Waals surface area contributed by atoms with Crippen molar-refractivity contribution in [3.8, 4) is 0 Å². The molecule has 0 atom stereocenters. The van der Waals surface area contributed by atoms with Gasteiger partial charge in [0.2, 0.25) is 10.0 Å². The molecule has 0 aliphatic carbocycles. The first-order valence-corrected chi connectivity index (χ1v) is 8.82. The Balaban J connectivity index is 1.79. The van der Waals surface area contributed by atoms with Crippen LogP contribution in [0.5, 0.6) is 0 Å². The van der Waals surface area contributed by atoms with E-state index in [1.807, 2.05) is 26.2 Å². The van der Waals surface area contributed by atoms with E-state index in [4.69, 9.17) is 0 Å². The average molecular weight is 300 g/mol. The Bertz CT molecular complexity index is 518. The minimum absolute atomic E-state index is 0.265. The van der Waals surface area contributed by atoms with Gasteiger partial charge in [-0.25, -0.2) is 13.4 Å². The van der Waals surface area contributed by atoms with Gasteiger partial charge in [-0.1, -0.05) is 6.92 Å². The van der Waals surface area contributed by atoms with Gasteiger partial charge in [0.05, 0.1) is 5.75 Å². The van der Waals surface area contributed by atoms with Crippen LogP contribution in [-0.4, -0.2) is 65.7 Å². The van der Waals surface area contributed by atoms with Gasteiger partial charge in [-0.3, -0.25) is 4.90 Å². The van der Waals surface area contributed by atoms with E-state index in [-0.39, 0.29) is 5.75 Å². The third-order valence-electron chi connectivity index (χ3n) is 3.77. The maximum Gasteiger partial charge on any atom is 0.214 e. The fourth-order valence-electron chi connectivity index (χ4n) is 2.51. The first-order valence-electron chi connectivity index (χ1n) is 7.21. The third kappa shape index (κ3) is 3.80. The summed E-state index contributed by atoms with van der Waals surface area (Å²) in [6.07, 6.45) is 4.48. The highest BCUT2D eigenvalue weighted by Gasteiger charge is 2.25. The number of sulfonamides is 1. The summed E-state index contributed by atoms with van der Waals surface area (Å²) in [7, 11) is -3.03. The van der Waals surface area contributed by atoms with Gasteiger partial charge < -0.3 is 4.57 Å². The largest absolute Gasteiger partial charge is 0.334 e. The molecule has 7 heteroatoms. The molecule has 114 valence electrons. The molecule has 0 N–H and O–H groups in total. The molecular weight excluding hydrogens is 276 g/mol. The van der Waals surface area contributed by atoms with Gasteiger partial charge in [-0.15, -0.1) is 0 Å². The first-order chi connectivity index (χ1) is 9.53. The second-order valence-electron chi connectivity index (χ2n) is 5.22. The molecule has 0 saturated carbocycles. The lowest BCUT2D eigenvalue weighted by atomic mass is 10.3. The Hall–Kier alpha value is -0.920. The number of aryl methyl sites for hydroxylation is 1. The third-order valence-corrected chi connectivity index (χ3v) is 5.84. The number of rotatable bonds is 6. The summed E-state index contributed by atoms with van der Waals surface area (Å²) in [5.41, 5.74) is 0. The first kappa shape index (κ1) is 15.5. The lowest BCUT2D eigenvalue weighted by Gasteiger charge is -2.34. The highest BCUT2D eigenvalue weighted by Crippen LogP contribution is 2.09. The fraction of sp³-hybridized carbons (Fsp3) is 0.769. The van der Waals surface area contributed by atoms with E-state index in [0.717, 1.165) is 32.0 Å². The van der Waals surface area contributed by atoms with Crippen molar-refractivity contribution in [2.24, 2.45) is 0 Å². The molecular formula is C13H24N4O2S. The zero-order valence-electron chi connectivity index (χ0n) is 12.3. The monoisotopic (exact) mass is 300 g/mol. The van der Waals surface area contributed by atoms with E-state index in [1.54, 1.807) is 4.31 Å². The lowest BCUT2D eigenvalue weighted by molar-refractivity contribution is 0.182. The average Bonchev–Trinajstić information content (AvgIpc) is 2.82. The second kappa shape index (κ2) is 6.69. The van der Waals surface area contributed by atoms with Gasteiger partial charge in [0.1, 0.15) is 5.82 Å². The van der Waals surface area contributed by atoms with Crippen LogP contribution in [0.2, 0.25) is 0 Å². The molecule has 0 amide bonds. The second-order valence-corrected chi connectivity index (χ2v) is 7.31. The number of nitrogens with zero attached hydrogens (tertiary/aromatic N) is 4. The van der Waals surface area contributed by atoms with Crippen molar-refractivity contribution in [3.63, 3.8) is 0 Å². The predicted molar refractivity (Wildman–Crippen MR) is 79.1 cm³/mol. The maximum absolute atomic E-state index is 12.0. The molecule has 0 radical (unpaired) electrons. The van der Waals surface area contributed by atoms with Crippen LogP contribution in [0.25, 0.3) is 0 Å². The summed E-state index contributed by atoms with van der Waals surface area (Å²) in [5.74, 6) is 1.29. The Morgan fingerprint density at radius 2 is 1.90 bits per heavy atom. The van der Waals surface area contributed by atoms with Gasteiger partial charge >= 0.3 is 0 Å². The maximum atomic E-state index is 12.0. The lowest BCUT2D eigenvalue weighted by Crippen LogP contribution is -2.49. The number of hydrogen-bond acceptors (Lipinski definition) is 4. The smallest absolute Gasteiger partial charge is 0.214 e. The van der Waals surface area contributed by atoms with Crippen molar-refractivity contribution in [3.05, 3.63) is 18.2 Å². The normalized spacial score (nSPS) is 18.5. The molecule has 1 aromatic heterocycles. The van der Waals surface area contributed by atoms with Crippen molar-refractivity contribution in [1.82, 2.24) is 18.8 Å². The Labute approximate surface area is 121 Å². The summed E-state index contributed by atoms with van der Waals surface area (Å²) >= 11 is 0. The highest BCUT2D eigenvalue weighted by atomic mass is 32.2. The highest BCUT2D eigenvalue weighted by molar-refractivity contribution is 7.89. The molecule has 20 heavy (non-hydrogen) atoms. The molecule has 1 fully saturated rings. The van der Waals surface area contributed by atoms with Crippen LogP contribution < -0.4 is 0 Å². The topological polar surface area (TPSA) is 58.4 Å². The number of aromatic nitrogens is 2. The molecule has 2 heterocycles. The van der Waals surface area contributed by atoms with Crippen molar-refractivity contribution in [2.45, 2.75) is 26.8 Å². The molecule has 0 unspecified atom stereocenters. The minimum atomic E-state index is -3.03. The van der Waals surface area contributed by atoms with Crippen LogP contribution in [0.3, 0.4) is 0 Å². The van der Waals surface area contributed by atoms with Crippen molar-refractivity contribution >= 4 is 10.0 Å². The van der Waals surface area contributed by atoms with Crippen LogP contribution in [0.4, 0.5) is 0 Å². The van der Waals surface area contributed by atoms with E-state index in [1.165, 1.54) is 0 Å². The van der Waals surface area contributed by atoms with Gasteiger partial charge in [0.15, 0.2) is 0 Å². The number of imidazole rings is 1. The van der Waals surface area contributed by atoms with Crippen molar-refractivity contribution in [2.75, 3.05) is 38.5 Å². The molecule has 1 aliphatic heterocycles. The molecule has 0 aromatic carbocycles. The molecule has 0 bridgehead atoms.